The van der Waals surface area contributed by atoms with Crippen LogP contribution in [-0.4, -0.2) is 57.4 Å². The molecule has 32 heavy (non-hydrogen) atoms. The van der Waals surface area contributed by atoms with Gasteiger partial charge in [-0.15, -0.1) is 0 Å². The van der Waals surface area contributed by atoms with Gasteiger partial charge in [0.2, 0.25) is 5.91 Å². The number of pyridine rings is 1. The molecule has 0 unspecified atom stereocenters. The molecule has 5 rings (SSSR count). The summed E-state index contributed by atoms with van der Waals surface area (Å²) < 4.78 is 5.79. The van der Waals surface area contributed by atoms with Crippen molar-refractivity contribution in [1.82, 2.24) is 14.8 Å². The molecule has 6 heteroatoms. The van der Waals surface area contributed by atoms with E-state index in [1.807, 2.05) is 24.3 Å². The lowest BCUT2D eigenvalue weighted by atomic mass is 9.64. The topological polar surface area (TPSA) is 62.7 Å². The Morgan fingerprint density at radius 3 is 2.53 bits per heavy atom. The molecule has 168 valence electrons. The minimum atomic E-state index is -0.0638. The predicted octanol–water partition coefficient (Wildman–Crippen LogP) is 3.46. The van der Waals surface area contributed by atoms with Crippen LogP contribution in [0.25, 0.3) is 0 Å². The second-order valence-electron chi connectivity index (χ2n) is 9.70. The number of carbonyl (C=O) groups is 2. The van der Waals surface area contributed by atoms with Gasteiger partial charge in [-0.2, -0.15) is 0 Å². The SMILES string of the molecule is CC(=O)N1[C@H](Cc2ccccc2)[C@@H]2C[C@@]3(C)[C@H](CCC[C@@H]13)N2C(=O)COc1cccnc1. The average Bonchev–Trinajstić information content (AvgIpc) is 3.11. The fourth-order valence-electron chi connectivity index (χ4n) is 6.64. The second-order valence-corrected chi connectivity index (χ2v) is 9.70. The maximum atomic E-state index is 13.6. The van der Waals surface area contributed by atoms with Crippen molar-refractivity contribution < 1.29 is 14.3 Å². The Morgan fingerprint density at radius 2 is 1.84 bits per heavy atom. The first kappa shape index (κ1) is 21.0. The van der Waals surface area contributed by atoms with E-state index >= 15 is 0 Å². The van der Waals surface area contributed by atoms with Gasteiger partial charge in [0.15, 0.2) is 6.61 Å². The van der Waals surface area contributed by atoms with Crippen LogP contribution in [0.5, 0.6) is 5.75 Å². The molecule has 0 spiro atoms. The van der Waals surface area contributed by atoms with Crippen LogP contribution in [0.3, 0.4) is 0 Å². The zero-order chi connectivity index (χ0) is 22.3. The van der Waals surface area contributed by atoms with Gasteiger partial charge in [0.1, 0.15) is 5.75 Å². The number of rotatable bonds is 5. The minimum absolute atomic E-state index is 0.00241. The third-order valence-electron chi connectivity index (χ3n) is 7.89. The lowest BCUT2D eigenvalue weighted by Crippen LogP contribution is -2.62. The molecule has 2 amide bonds. The van der Waals surface area contributed by atoms with Crippen LogP contribution in [0.15, 0.2) is 54.9 Å². The smallest absolute Gasteiger partial charge is 0.261 e. The maximum Gasteiger partial charge on any atom is 0.261 e. The highest BCUT2D eigenvalue weighted by molar-refractivity contribution is 5.80. The summed E-state index contributed by atoms with van der Waals surface area (Å²) in [4.78, 5) is 34.8. The van der Waals surface area contributed by atoms with Gasteiger partial charge in [0.25, 0.3) is 5.91 Å². The normalized spacial score (nSPS) is 30.8. The Balaban J connectivity index is 1.47. The summed E-state index contributed by atoms with van der Waals surface area (Å²) in [6.07, 6.45) is 8.06. The van der Waals surface area contributed by atoms with Gasteiger partial charge in [-0.3, -0.25) is 14.6 Å². The van der Waals surface area contributed by atoms with E-state index in [9.17, 15) is 9.59 Å². The molecule has 3 fully saturated rings. The number of likely N-dealkylation sites (tertiary alicyclic amines) is 2. The Kier molecular flexibility index (Phi) is 5.39. The number of hydrogen-bond acceptors (Lipinski definition) is 4. The van der Waals surface area contributed by atoms with Crippen LogP contribution in [-0.2, 0) is 16.0 Å². The van der Waals surface area contributed by atoms with Crippen molar-refractivity contribution in [2.75, 3.05) is 6.61 Å². The van der Waals surface area contributed by atoms with Gasteiger partial charge in [-0.25, -0.2) is 0 Å². The zero-order valence-corrected chi connectivity index (χ0v) is 18.8. The van der Waals surface area contributed by atoms with Crippen molar-refractivity contribution in [3.8, 4) is 5.75 Å². The van der Waals surface area contributed by atoms with Gasteiger partial charge < -0.3 is 14.5 Å². The molecule has 2 aliphatic heterocycles. The van der Waals surface area contributed by atoms with Crippen molar-refractivity contribution in [3.63, 3.8) is 0 Å². The molecule has 1 aliphatic carbocycles. The van der Waals surface area contributed by atoms with Gasteiger partial charge in [-0.05, 0) is 49.8 Å². The van der Waals surface area contributed by atoms with E-state index in [4.69, 9.17) is 4.74 Å². The van der Waals surface area contributed by atoms with Crippen molar-refractivity contribution in [1.29, 1.82) is 0 Å². The highest BCUT2D eigenvalue weighted by Gasteiger charge is 2.64. The predicted molar refractivity (Wildman–Crippen MR) is 121 cm³/mol. The van der Waals surface area contributed by atoms with Crippen LogP contribution < -0.4 is 4.74 Å². The largest absolute Gasteiger partial charge is 0.482 e. The first-order valence-electron chi connectivity index (χ1n) is 11.7. The molecule has 1 saturated carbocycles. The van der Waals surface area contributed by atoms with Crippen LogP contribution >= 0.6 is 0 Å². The molecule has 5 atom stereocenters. The molecule has 0 N–H and O–H groups in total. The minimum Gasteiger partial charge on any atom is -0.482 e. The van der Waals surface area contributed by atoms with E-state index in [2.05, 4.69) is 33.8 Å². The maximum absolute atomic E-state index is 13.6. The van der Waals surface area contributed by atoms with E-state index < -0.39 is 0 Å². The number of hydrogen-bond donors (Lipinski definition) is 0. The molecular weight excluding hydrogens is 402 g/mol. The molecule has 2 aromatic rings. The van der Waals surface area contributed by atoms with Crippen LogP contribution in [0.2, 0.25) is 0 Å². The van der Waals surface area contributed by atoms with Crippen molar-refractivity contribution in [2.24, 2.45) is 5.41 Å². The standard InChI is InChI=1S/C26H31N3O3/c1-18(30)28-21(14-19-8-4-3-5-9-19)22-15-26(2)23(28)11-6-12-24(26)29(22)25(31)17-32-20-10-7-13-27-16-20/h3-5,7-10,13,16,21-24H,6,11-12,14-15,17H2,1-2H3/t21-,22+,23-,24+,26-/m1/s1. The van der Waals surface area contributed by atoms with Gasteiger partial charge in [-0.1, -0.05) is 37.3 Å². The van der Waals surface area contributed by atoms with Gasteiger partial charge >= 0.3 is 0 Å². The highest BCUT2D eigenvalue weighted by Crippen LogP contribution is 2.56. The molecule has 3 heterocycles. The summed E-state index contributed by atoms with van der Waals surface area (Å²) >= 11 is 0. The number of aromatic nitrogens is 1. The Bertz CT molecular complexity index is 982. The van der Waals surface area contributed by atoms with Crippen LogP contribution in [0.1, 0.15) is 45.1 Å². The molecule has 3 aliphatic rings. The molecular formula is C26H31N3O3. The number of amides is 2. The van der Waals surface area contributed by atoms with Crippen molar-refractivity contribution >= 4 is 11.8 Å². The molecule has 1 aromatic heterocycles. The van der Waals surface area contributed by atoms with Crippen LogP contribution in [0.4, 0.5) is 0 Å². The molecule has 1 aromatic carbocycles. The number of fused-ring (bicyclic) bond motifs is 1. The van der Waals surface area contributed by atoms with E-state index in [-0.39, 0.29) is 48.0 Å². The monoisotopic (exact) mass is 433 g/mol. The lowest BCUT2D eigenvalue weighted by molar-refractivity contribution is -0.143. The van der Waals surface area contributed by atoms with E-state index in [1.165, 1.54) is 5.56 Å². The third-order valence-corrected chi connectivity index (χ3v) is 7.89. The van der Waals surface area contributed by atoms with Gasteiger partial charge in [0.05, 0.1) is 18.3 Å². The summed E-state index contributed by atoms with van der Waals surface area (Å²) in [5, 5.41) is 0. The molecule has 2 saturated heterocycles. The molecule has 2 bridgehead atoms. The van der Waals surface area contributed by atoms with Gasteiger partial charge in [0, 0.05) is 30.6 Å². The second kappa shape index (κ2) is 8.23. The third kappa shape index (κ3) is 3.46. The summed E-state index contributed by atoms with van der Waals surface area (Å²) in [6.45, 7) is 3.98. The summed E-state index contributed by atoms with van der Waals surface area (Å²) in [5.74, 6) is 0.729. The lowest BCUT2D eigenvalue weighted by Gasteiger charge is -2.52. The first-order chi connectivity index (χ1) is 15.5. The number of nitrogens with zero attached hydrogens (tertiary/aromatic N) is 3. The fraction of sp³-hybridized carbons (Fsp3) is 0.500. The highest BCUT2D eigenvalue weighted by atomic mass is 16.5. The summed E-state index contributed by atoms with van der Waals surface area (Å²) in [5.41, 5.74) is 1.14. The average molecular weight is 434 g/mol. The van der Waals surface area contributed by atoms with Crippen LogP contribution in [0, 0.1) is 5.41 Å². The van der Waals surface area contributed by atoms with E-state index in [0.29, 0.717) is 5.75 Å². The summed E-state index contributed by atoms with van der Waals surface area (Å²) in [7, 11) is 0. The number of carbonyl (C=O) groups excluding carboxylic acids is 2. The number of ether oxygens (including phenoxy) is 1. The fourth-order valence-corrected chi connectivity index (χ4v) is 6.64. The molecule has 0 radical (unpaired) electrons. The molecule has 6 nitrogen and oxygen atoms in total. The van der Waals surface area contributed by atoms with Crippen molar-refractivity contribution in [2.45, 2.75) is 70.1 Å². The first-order valence-corrected chi connectivity index (χ1v) is 11.7. The number of piperidine rings is 1. The Morgan fingerprint density at radius 1 is 1.09 bits per heavy atom. The zero-order valence-electron chi connectivity index (χ0n) is 18.8. The van der Waals surface area contributed by atoms with E-state index in [0.717, 1.165) is 32.1 Å². The van der Waals surface area contributed by atoms with Crippen molar-refractivity contribution in [3.05, 3.63) is 60.4 Å². The quantitative estimate of drug-likeness (QED) is 0.725. The number of benzene rings is 1. The summed E-state index contributed by atoms with van der Waals surface area (Å²) in [6, 6.07) is 14.3. The van der Waals surface area contributed by atoms with E-state index in [1.54, 1.807) is 25.4 Å². The Labute approximate surface area is 189 Å². The Hall–Kier alpha value is -2.89.